The van der Waals surface area contributed by atoms with E-state index in [1.54, 1.807) is 7.11 Å². The summed E-state index contributed by atoms with van der Waals surface area (Å²) in [5.41, 5.74) is 0.837. The summed E-state index contributed by atoms with van der Waals surface area (Å²) < 4.78 is 10.7. The van der Waals surface area contributed by atoms with Crippen LogP contribution in [0.25, 0.3) is 11.4 Å². The number of rotatable bonds is 4. The lowest BCUT2D eigenvalue weighted by atomic mass is 10.0. The van der Waals surface area contributed by atoms with Crippen molar-refractivity contribution in [2.75, 3.05) is 13.7 Å². The lowest BCUT2D eigenvalue weighted by molar-refractivity contribution is -0.135. The highest BCUT2D eigenvalue weighted by atomic mass is 16.5. The van der Waals surface area contributed by atoms with Crippen molar-refractivity contribution in [3.63, 3.8) is 0 Å². The van der Waals surface area contributed by atoms with E-state index >= 15 is 0 Å². The van der Waals surface area contributed by atoms with Crippen LogP contribution in [-0.4, -0.2) is 34.6 Å². The minimum atomic E-state index is -0.108. The number of nitrogens with zero attached hydrogens (tertiary/aromatic N) is 3. The van der Waals surface area contributed by atoms with Crippen LogP contribution in [-0.2, 0) is 4.79 Å². The molecular formula is C17H21N3O3. The van der Waals surface area contributed by atoms with Crippen LogP contribution in [0, 0.1) is 0 Å². The lowest BCUT2D eigenvalue weighted by Gasteiger charge is -2.33. The largest absolute Gasteiger partial charge is 0.497 e. The molecule has 0 radical (unpaired) electrons. The number of hydrogen-bond donors (Lipinski definition) is 0. The maximum absolute atomic E-state index is 12.1. The van der Waals surface area contributed by atoms with Gasteiger partial charge in [-0.1, -0.05) is 24.2 Å². The third kappa shape index (κ3) is 3.21. The van der Waals surface area contributed by atoms with Crippen LogP contribution in [0.1, 0.15) is 44.5 Å². The summed E-state index contributed by atoms with van der Waals surface area (Å²) in [5, 5.41) is 4.08. The van der Waals surface area contributed by atoms with Crippen LogP contribution in [0.4, 0.5) is 0 Å². The van der Waals surface area contributed by atoms with Gasteiger partial charge in [-0.15, -0.1) is 0 Å². The van der Waals surface area contributed by atoms with Crippen LogP contribution < -0.4 is 4.74 Å². The Hall–Kier alpha value is -2.37. The maximum Gasteiger partial charge on any atom is 0.249 e. The Kier molecular flexibility index (Phi) is 4.60. The summed E-state index contributed by atoms with van der Waals surface area (Å²) in [4.78, 5) is 18.5. The van der Waals surface area contributed by atoms with Gasteiger partial charge in [0, 0.05) is 18.5 Å². The molecule has 0 bridgehead atoms. The molecule has 122 valence electrons. The lowest BCUT2D eigenvalue weighted by Crippen LogP contribution is -2.38. The molecule has 0 saturated carbocycles. The second-order valence-corrected chi connectivity index (χ2v) is 5.64. The van der Waals surface area contributed by atoms with Gasteiger partial charge in [-0.3, -0.25) is 4.79 Å². The molecule has 1 aliphatic rings. The molecule has 1 saturated heterocycles. The summed E-state index contributed by atoms with van der Waals surface area (Å²) in [7, 11) is 1.62. The van der Waals surface area contributed by atoms with E-state index in [2.05, 4.69) is 10.1 Å². The Labute approximate surface area is 135 Å². The molecule has 0 aliphatic carbocycles. The molecule has 2 aromatic rings. The number of aromatic nitrogens is 2. The number of likely N-dealkylation sites (tertiary alicyclic amines) is 1. The number of amides is 1. The van der Waals surface area contributed by atoms with Gasteiger partial charge in [-0.05, 0) is 31.4 Å². The predicted octanol–water partition coefficient (Wildman–Crippen LogP) is 3.21. The Morgan fingerprint density at radius 2 is 2.30 bits per heavy atom. The number of piperidine rings is 1. The molecule has 1 aliphatic heterocycles. The Bertz CT molecular complexity index is 683. The molecule has 0 spiro atoms. The number of carbonyl (C=O) groups excluding carboxylic acids is 1. The second-order valence-electron chi connectivity index (χ2n) is 5.64. The van der Waals surface area contributed by atoms with E-state index in [1.165, 1.54) is 0 Å². The average molecular weight is 315 g/mol. The molecule has 1 unspecified atom stereocenters. The van der Waals surface area contributed by atoms with E-state index in [0.717, 1.165) is 37.1 Å². The monoisotopic (exact) mass is 315 g/mol. The smallest absolute Gasteiger partial charge is 0.249 e. The van der Waals surface area contributed by atoms with Crippen molar-refractivity contribution >= 4 is 5.91 Å². The van der Waals surface area contributed by atoms with Crippen molar-refractivity contribution in [1.82, 2.24) is 15.0 Å². The van der Waals surface area contributed by atoms with Crippen molar-refractivity contribution in [2.24, 2.45) is 0 Å². The molecule has 1 amide bonds. The van der Waals surface area contributed by atoms with Gasteiger partial charge in [0.05, 0.1) is 7.11 Å². The van der Waals surface area contributed by atoms with Gasteiger partial charge in [0.2, 0.25) is 17.6 Å². The average Bonchev–Trinajstić information content (AvgIpc) is 3.11. The molecule has 6 heteroatoms. The van der Waals surface area contributed by atoms with Crippen molar-refractivity contribution < 1.29 is 14.1 Å². The van der Waals surface area contributed by atoms with Crippen LogP contribution in [0.15, 0.2) is 28.8 Å². The van der Waals surface area contributed by atoms with Crippen LogP contribution in [0.3, 0.4) is 0 Å². The highest BCUT2D eigenvalue weighted by Gasteiger charge is 2.31. The van der Waals surface area contributed by atoms with Gasteiger partial charge in [0.15, 0.2) is 0 Å². The molecule has 1 aromatic carbocycles. The maximum atomic E-state index is 12.1. The Balaban J connectivity index is 1.86. The molecule has 2 heterocycles. The van der Waals surface area contributed by atoms with Gasteiger partial charge in [0.25, 0.3) is 0 Å². The van der Waals surface area contributed by atoms with E-state index in [0.29, 0.717) is 18.1 Å². The Morgan fingerprint density at radius 1 is 1.43 bits per heavy atom. The quantitative estimate of drug-likeness (QED) is 0.866. The summed E-state index contributed by atoms with van der Waals surface area (Å²) in [6.07, 6.45) is 3.45. The van der Waals surface area contributed by atoms with E-state index in [4.69, 9.17) is 9.26 Å². The number of methoxy groups -OCH3 is 1. The van der Waals surface area contributed by atoms with E-state index in [1.807, 2.05) is 36.1 Å². The predicted molar refractivity (Wildman–Crippen MR) is 84.9 cm³/mol. The van der Waals surface area contributed by atoms with Crippen LogP contribution in [0.2, 0.25) is 0 Å². The summed E-state index contributed by atoms with van der Waals surface area (Å²) in [6.45, 7) is 2.64. The number of benzene rings is 1. The van der Waals surface area contributed by atoms with Crippen molar-refractivity contribution in [2.45, 2.75) is 38.6 Å². The number of ether oxygens (including phenoxy) is 1. The van der Waals surface area contributed by atoms with Crippen molar-refractivity contribution in [3.05, 3.63) is 30.2 Å². The first kappa shape index (κ1) is 15.5. The SMILES string of the molecule is CCC(=O)N1CCCCC1c1nc(-c2cccc(OC)c2)no1. The third-order valence-corrected chi connectivity index (χ3v) is 4.18. The molecule has 3 rings (SSSR count). The van der Waals surface area contributed by atoms with Crippen LogP contribution in [0.5, 0.6) is 5.75 Å². The molecule has 1 aromatic heterocycles. The fourth-order valence-corrected chi connectivity index (χ4v) is 2.94. The van der Waals surface area contributed by atoms with Gasteiger partial charge < -0.3 is 14.2 Å². The normalized spacial score (nSPS) is 18.0. The standard InChI is InChI=1S/C17H21N3O3/c1-3-15(21)20-10-5-4-9-14(20)17-18-16(19-23-17)12-7-6-8-13(11-12)22-2/h6-8,11,14H,3-5,9-10H2,1-2H3. The zero-order valence-electron chi connectivity index (χ0n) is 13.5. The first-order valence-electron chi connectivity index (χ1n) is 8.00. The zero-order valence-corrected chi connectivity index (χ0v) is 13.5. The van der Waals surface area contributed by atoms with Gasteiger partial charge in [0.1, 0.15) is 11.8 Å². The molecule has 0 N–H and O–H groups in total. The highest BCUT2D eigenvalue weighted by Crippen LogP contribution is 2.32. The van der Waals surface area contributed by atoms with Gasteiger partial charge in [-0.25, -0.2) is 0 Å². The fourth-order valence-electron chi connectivity index (χ4n) is 2.94. The van der Waals surface area contributed by atoms with Crippen molar-refractivity contribution in [3.8, 4) is 17.1 Å². The minimum Gasteiger partial charge on any atom is -0.497 e. The summed E-state index contributed by atoms with van der Waals surface area (Å²) in [5.74, 6) is 1.92. The highest BCUT2D eigenvalue weighted by molar-refractivity contribution is 5.76. The van der Waals surface area contributed by atoms with Gasteiger partial charge in [-0.2, -0.15) is 4.98 Å². The second kappa shape index (κ2) is 6.81. The van der Waals surface area contributed by atoms with Crippen LogP contribution >= 0.6 is 0 Å². The minimum absolute atomic E-state index is 0.108. The number of carbonyl (C=O) groups is 1. The zero-order chi connectivity index (χ0) is 16.2. The summed E-state index contributed by atoms with van der Waals surface area (Å²) >= 11 is 0. The molecule has 23 heavy (non-hydrogen) atoms. The van der Waals surface area contributed by atoms with E-state index in [9.17, 15) is 4.79 Å². The molecular weight excluding hydrogens is 294 g/mol. The Morgan fingerprint density at radius 3 is 3.09 bits per heavy atom. The fraction of sp³-hybridized carbons (Fsp3) is 0.471. The van der Waals surface area contributed by atoms with Crippen molar-refractivity contribution in [1.29, 1.82) is 0 Å². The topological polar surface area (TPSA) is 68.5 Å². The number of hydrogen-bond acceptors (Lipinski definition) is 5. The van der Waals surface area contributed by atoms with E-state index in [-0.39, 0.29) is 11.9 Å². The first-order chi connectivity index (χ1) is 11.2. The molecule has 1 fully saturated rings. The van der Waals surface area contributed by atoms with E-state index < -0.39 is 0 Å². The molecule has 6 nitrogen and oxygen atoms in total. The third-order valence-electron chi connectivity index (χ3n) is 4.18. The first-order valence-corrected chi connectivity index (χ1v) is 8.00. The molecule has 1 atom stereocenters. The summed E-state index contributed by atoms with van der Waals surface area (Å²) in [6, 6.07) is 7.42. The van der Waals surface area contributed by atoms with Gasteiger partial charge >= 0.3 is 0 Å².